The van der Waals surface area contributed by atoms with Gasteiger partial charge in [-0.1, -0.05) is 0 Å². The first-order chi connectivity index (χ1) is 4.27. The van der Waals surface area contributed by atoms with Crippen molar-refractivity contribution >= 4 is 5.97 Å². The molecule has 0 atom stereocenters. The van der Waals surface area contributed by atoms with Crippen molar-refractivity contribution in [3.63, 3.8) is 0 Å². The average molecular weight is 333 g/mol. The van der Waals surface area contributed by atoms with Gasteiger partial charge >= 0.3 is 5.97 Å². The Labute approximate surface area is 74.7 Å². The molecule has 0 aliphatic carbocycles. The van der Waals surface area contributed by atoms with Gasteiger partial charge in [-0.25, -0.2) is 4.79 Å². The van der Waals surface area contributed by atoms with E-state index in [0.717, 1.165) is 0 Å². The molecule has 10 heavy (non-hydrogen) atoms. The Morgan fingerprint density at radius 2 is 1.40 bits per heavy atom. The van der Waals surface area contributed by atoms with E-state index in [-0.39, 0.29) is 21.1 Å². The zero-order chi connectivity index (χ0) is 8.28. The molecule has 0 aliphatic rings. The first-order valence-electron chi connectivity index (χ1n) is 2.25. The smallest absolute Gasteiger partial charge is 0.329 e. The number of hydrogen-bond acceptors (Lipinski definition) is 4. The van der Waals surface area contributed by atoms with Gasteiger partial charge in [-0.15, -0.1) is 0 Å². The molecule has 0 saturated carbocycles. The minimum absolute atomic E-state index is 0. The maximum atomic E-state index is 9.12. The Hall–Kier alpha value is 0.0383. The van der Waals surface area contributed by atoms with E-state index in [1.54, 1.807) is 0 Å². The fourth-order valence-corrected chi connectivity index (χ4v) is 0. The molecule has 0 aliphatic heterocycles. The average Bonchev–Trinajstić information content (AvgIpc) is 1.97. The summed E-state index contributed by atoms with van der Waals surface area (Å²) in [6.45, 7) is -0.778. The van der Waals surface area contributed by atoms with E-state index in [9.17, 15) is 0 Å². The molecule has 0 aromatic rings. The number of aliphatic hydroxyl groups is 1. The molecule has 0 saturated heterocycles. The van der Waals surface area contributed by atoms with Crippen LogP contribution < -0.4 is 11.5 Å². The summed E-state index contributed by atoms with van der Waals surface area (Å²) in [5.74, 6) is -1.19. The second-order valence-electron chi connectivity index (χ2n) is 0.552. The number of nitrogens with two attached hydrogens (primary N) is 2. The summed E-state index contributed by atoms with van der Waals surface area (Å²) in [4.78, 5) is 9.12. The molecule has 5 nitrogen and oxygen atoms in total. The molecular weight excluding hydrogens is 319 g/mol. The van der Waals surface area contributed by atoms with Crippen LogP contribution in [0.4, 0.5) is 0 Å². The number of carbonyl (C=O) groups is 1. The van der Waals surface area contributed by atoms with Crippen LogP contribution in [0.15, 0.2) is 0 Å². The summed E-state index contributed by atoms with van der Waals surface area (Å²) in [7, 11) is 3.00. The van der Waals surface area contributed by atoms with Crippen LogP contribution >= 0.6 is 0 Å². The van der Waals surface area contributed by atoms with Gasteiger partial charge in [0.25, 0.3) is 0 Å². The molecule has 0 bridgehead atoms. The summed E-state index contributed by atoms with van der Waals surface area (Å²) in [6.07, 6.45) is 0. The molecule has 0 amide bonds. The number of aliphatic carboxylic acids is 1. The Bertz CT molecular complexity index is 53.8. The molecule has 0 heterocycles. The minimum Gasteiger partial charge on any atom is -0.480 e. The zero-order valence-electron chi connectivity index (χ0n) is 5.98. The number of aliphatic hydroxyl groups excluding tert-OH is 1. The van der Waals surface area contributed by atoms with Crippen molar-refractivity contribution in [2.45, 2.75) is 0 Å². The molecule has 68 valence electrons. The van der Waals surface area contributed by atoms with Gasteiger partial charge in [-0.3, -0.25) is 0 Å². The molecule has 6 heteroatoms. The third kappa shape index (κ3) is 95.8. The summed E-state index contributed by atoms with van der Waals surface area (Å²) in [6, 6.07) is 0. The summed E-state index contributed by atoms with van der Waals surface area (Å²) < 4.78 is 0. The maximum Gasteiger partial charge on any atom is 0.329 e. The molecule has 0 rings (SSSR count). The van der Waals surface area contributed by atoms with Crippen molar-refractivity contribution in [3.05, 3.63) is 0 Å². The third-order valence-corrected chi connectivity index (χ3v) is 0.135. The van der Waals surface area contributed by atoms with Crippen molar-refractivity contribution in [1.29, 1.82) is 0 Å². The Morgan fingerprint density at radius 1 is 1.30 bits per heavy atom. The topological polar surface area (TPSA) is 110 Å². The van der Waals surface area contributed by atoms with E-state index in [4.69, 9.17) is 15.0 Å². The summed E-state index contributed by atoms with van der Waals surface area (Å²) >= 11 is 0. The Morgan fingerprint density at radius 3 is 1.40 bits per heavy atom. The number of rotatable bonds is 1. The molecule has 0 spiro atoms. The van der Waals surface area contributed by atoms with Crippen LogP contribution in [-0.2, 0) is 25.9 Å². The fraction of sp³-hybridized carbons (Fsp3) is 0.750. The summed E-state index contributed by atoms with van der Waals surface area (Å²) in [5.41, 5.74) is 9.00. The van der Waals surface area contributed by atoms with Crippen molar-refractivity contribution < 1.29 is 36.1 Å². The minimum atomic E-state index is -1.19. The molecule has 0 fully saturated rings. The van der Waals surface area contributed by atoms with Gasteiger partial charge in [0.1, 0.15) is 6.61 Å². The second-order valence-corrected chi connectivity index (χ2v) is 0.552. The monoisotopic (exact) mass is 333 g/mol. The molecule has 0 aromatic heterocycles. The predicted octanol–water partition coefficient (Wildman–Crippen LogP) is -1.79. The van der Waals surface area contributed by atoms with E-state index in [0.29, 0.717) is 0 Å². The SMILES string of the molecule is CN.CN.O=C(O)CO.[Pt]. The van der Waals surface area contributed by atoms with Crippen LogP contribution in [0.3, 0.4) is 0 Å². The van der Waals surface area contributed by atoms with Crippen LogP contribution in [0.5, 0.6) is 0 Å². The van der Waals surface area contributed by atoms with Crippen molar-refractivity contribution in [2.24, 2.45) is 11.5 Å². The summed E-state index contributed by atoms with van der Waals surface area (Å²) in [5, 5.41) is 15.0. The van der Waals surface area contributed by atoms with Gasteiger partial charge in [0.05, 0.1) is 0 Å². The van der Waals surface area contributed by atoms with Crippen molar-refractivity contribution in [2.75, 3.05) is 20.7 Å². The fourth-order valence-electron chi connectivity index (χ4n) is 0. The first kappa shape index (κ1) is 22.5. The van der Waals surface area contributed by atoms with E-state index < -0.39 is 12.6 Å². The largest absolute Gasteiger partial charge is 0.480 e. The van der Waals surface area contributed by atoms with Gasteiger partial charge in [-0.2, -0.15) is 0 Å². The van der Waals surface area contributed by atoms with Crippen molar-refractivity contribution in [3.8, 4) is 0 Å². The van der Waals surface area contributed by atoms with E-state index in [1.165, 1.54) is 14.1 Å². The van der Waals surface area contributed by atoms with Gasteiger partial charge in [0.2, 0.25) is 0 Å². The van der Waals surface area contributed by atoms with Crippen LogP contribution in [0.1, 0.15) is 0 Å². The Kier molecular flexibility index (Phi) is 80.5. The first-order valence-corrected chi connectivity index (χ1v) is 2.25. The zero-order valence-corrected chi connectivity index (χ0v) is 8.25. The quantitative estimate of drug-likeness (QED) is 0.453. The van der Waals surface area contributed by atoms with Crippen LogP contribution in [0, 0.1) is 0 Å². The molecule has 0 radical (unpaired) electrons. The van der Waals surface area contributed by atoms with Crippen LogP contribution in [0.25, 0.3) is 0 Å². The van der Waals surface area contributed by atoms with E-state index in [2.05, 4.69) is 11.5 Å². The van der Waals surface area contributed by atoms with E-state index in [1.807, 2.05) is 0 Å². The van der Waals surface area contributed by atoms with Crippen LogP contribution in [0.2, 0.25) is 0 Å². The Balaban J connectivity index is -0.0000000315. The van der Waals surface area contributed by atoms with Gasteiger partial charge < -0.3 is 21.7 Å². The van der Waals surface area contributed by atoms with Crippen molar-refractivity contribution in [1.82, 2.24) is 0 Å². The van der Waals surface area contributed by atoms with Gasteiger partial charge in [-0.05, 0) is 14.1 Å². The molecule has 6 N–H and O–H groups in total. The standard InChI is InChI=1S/C2H4O3.2CH5N.Pt/c3-1-2(4)5;2*1-2;/h3H,1H2,(H,4,5);2*2H2,1H3;. The van der Waals surface area contributed by atoms with Crippen LogP contribution in [-0.4, -0.2) is 36.9 Å². The number of carboxylic acid groups (broad SMARTS) is 1. The predicted molar refractivity (Wildman–Crippen MR) is 34.9 cm³/mol. The molecule has 0 unspecified atom stereocenters. The third-order valence-electron chi connectivity index (χ3n) is 0.135. The van der Waals surface area contributed by atoms with E-state index >= 15 is 0 Å². The van der Waals surface area contributed by atoms with Gasteiger partial charge in [0.15, 0.2) is 0 Å². The normalized spacial score (nSPS) is 4.90. The molecule has 0 aromatic carbocycles. The maximum absolute atomic E-state index is 9.12. The molecular formula is C4H14N2O3Pt. The van der Waals surface area contributed by atoms with Gasteiger partial charge in [0, 0.05) is 21.1 Å². The number of carboxylic acids is 1. The second kappa shape index (κ2) is 35.8. The number of hydrogen-bond donors (Lipinski definition) is 4.